The number of imidazole rings is 1. The highest BCUT2D eigenvalue weighted by molar-refractivity contribution is 7.16. The Balaban J connectivity index is 1.76. The normalized spacial score (nSPS) is 13.8. The molecular weight excluding hydrogens is 306 g/mol. The third kappa shape index (κ3) is 2.58. The van der Waals surface area contributed by atoms with Gasteiger partial charge in [0.05, 0.1) is 18.0 Å². The van der Waals surface area contributed by atoms with Crippen molar-refractivity contribution in [3.05, 3.63) is 40.0 Å². The predicted octanol–water partition coefficient (Wildman–Crippen LogP) is 3.78. The SMILES string of the molecule is CCCCc1nn2c(CO)c(-c3ccc4c(c3)CCC4)nc2s1. The minimum absolute atomic E-state index is 0.0372. The first-order chi connectivity index (χ1) is 11.3. The van der Waals surface area contributed by atoms with Gasteiger partial charge in [-0.3, -0.25) is 0 Å². The molecule has 0 bridgehead atoms. The summed E-state index contributed by atoms with van der Waals surface area (Å²) in [4.78, 5) is 5.65. The molecule has 0 aliphatic heterocycles. The first-order valence-corrected chi connectivity index (χ1v) is 9.22. The Morgan fingerprint density at radius 1 is 1.26 bits per heavy atom. The van der Waals surface area contributed by atoms with Crippen LogP contribution in [0.2, 0.25) is 0 Å². The van der Waals surface area contributed by atoms with Crippen LogP contribution >= 0.6 is 11.3 Å². The van der Waals surface area contributed by atoms with Gasteiger partial charge in [0, 0.05) is 12.0 Å². The molecule has 0 atom stereocenters. The summed E-state index contributed by atoms with van der Waals surface area (Å²) in [6.07, 6.45) is 6.87. The molecule has 120 valence electrons. The molecule has 23 heavy (non-hydrogen) atoms. The van der Waals surface area contributed by atoms with Crippen LogP contribution in [0.5, 0.6) is 0 Å². The molecule has 1 aliphatic rings. The topological polar surface area (TPSA) is 50.4 Å². The number of aliphatic hydroxyl groups excluding tert-OH is 1. The fourth-order valence-corrected chi connectivity index (χ4v) is 4.31. The molecule has 0 spiro atoms. The molecule has 0 saturated carbocycles. The van der Waals surface area contributed by atoms with Crippen molar-refractivity contribution in [2.75, 3.05) is 0 Å². The molecule has 4 rings (SSSR count). The van der Waals surface area contributed by atoms with E-state index in [4.69, 9.17) is 4.98 Å². The third-order valence-electron chi connectivity index (χ3n) is 4.60. The van der Waals surface area contributed by atoms with Crippen LogP contribution in [-0.2, 0) is 25.9 Å². The van der Waals surface area contributed by atoms with Crippen LogP contribution < -0.4 is 0 Å². The van der Waals surface area contributed by atoms with Crippen molar-refractivity contribution >= 4 is 16.3 Å². The minimum atomic E-state index is -0.0372. The van der Waals surface area contributed by atoms with Crippen molar-refractivity contribution < 1.29 is 5.11 Å². The van der Waals surface area contributed by atoms with Crippen molar-refractivity contribution in [2.24, 2.45) is 0 Å². The highest BCUT2D eigenvalue weighted by Crippen LogP contribution is 2.31. The van der Waals surface area contributed by atoms with Gasteiger partial charge >= 0.3 is 0 Å². The second kappa shape index (κ2) is 6.06. The van der Waals surface area contributed by atoms with Crippen LogP contribution in [0.15, 0.2) is 18.2 Å². The van der Waals surface area contributed by atoms with Gasteiger partial charge in [0.15, 0.2) is 0 Å². The lowest BCUT2D eigenvalue weighted by molar-refractivity contribution is 0.275. The Morgan fingerprint density at radius 3 is 2.96 bits per heavy atom. The van der Waals surface area contributed by atoms with Crippen molar-refractivity contribution in [1.29, 1.82) is 0 Å². The molecule has 1 aromatic carbocycles. The summed E-state index contributed by atoms with van der Waals surface area (Å²) >= 11 is 1.64. The molecule has 4 nitrogen and oxygen atoms in total. The van der Waals surface area contributed by atoms with Gasteiger partial charge in [0.2, 0.25) is 4.96 Å². The van der Waals surface area contributed by atoms with Crippen LogP contribution in [0.1, 0.15) is 48.0 Å². The summed E-state index contributed by atoms with van der Waals surface area (Å²) in [5, 5.41) is 15.6. The van der Waals surface area contributed by atoms with Gasteiger partial charge in [0.25, 0.3) is 0 Å². The van der Waals surface area contributed by atoms with Gasteiger partial charge in [-0.25, -0.2) is 9.50 Å². The molecule has 0 amide bonds. The smallest absolute Gasteiger partial charge is 0.213 e. The fourth-order valence-electron chi connectivity index (χ4n) is 3.35. The zero-order chi connectivity index (χ0) is 15.8. The van der Waals surface area contributed by atoms with E-state index < -0.39 is 0 Å². The molecule has 0 saturated heterocycles. The molecule has 3 aromatic rings. The fraction of sp³-hybridized carbons (Fsp3) is 0.444. The predicted molar refractivity (Wildman–Crippen MR) is 92.9 cm³/mol. The first kappa shape index (κ1) is 14.8. The average Bonchev–Trinajstić information content (AvgIpc) is 3.25. The van der Waals surface area contributed by atoms with E-state index in [1.807, 2.05) is 4.52 Å². The minimum Gasteiger partial charge on any atom is -0.390 e. The van der Waals surface area contributed by atoms with Crippen LogP contribution in [0, 0.1) is 0 Å². The molecule has 0 fully saturated rings. The Bertz CT molecular complexity index is 849. The number of nitrogens with zero attached hydrogens (tertiary/aromatic N) is 3. The summed E-state index contributed by atoms with van der Waals surface area (Å²) < 4.78 is 1.83. The molecule has 5 heteroatoms. The van der Waals surface area contributed by atoms with E-state index in [0.717, 1.165) is 52.6 Å². The Labute approximate surface area is 139 Å². The number of unbranched alkanes of at least 4 members (excludes halogenated alkanes) is 1. The number of aliphatic hydroxyl groups is 1. The van der Waals surface area contributed by atoms with Crippen LogP contribution in [0.4, 0.5) is 0 Å². The number of rotatable bonds is 5. The van der Waals surface area contributed by atoms with E-state index in [1.165, 1.54) is 24.0 Å². The first-order valence-electron chi connectivity index (χ1n) is 8.40. The van der Waals surface area contributed by atoms with Gasteiger partial charge in [-0.05, 0) is 42.9 Å². The number of fused-ring (bicyclic) bond motifs is 2. The largest absolute Gasteiger partial charge is 0.390 e. The zero-order valence-corrected chi connectivity index (χ0v) is 14.2. The van der Waals surface area contributed by atoms with Gasteiger partial charge in [-0.15, -0.1) is 0 Å². The summed E-state index contributed by atoms with van der Waals surface area (Å²) in [7, 11) is 0. The van der Waals surface area contributed by atoms with E-state index in [0.29, 0.717) is 0 Å². The van der Waals surface area contributed by atoms with Crippen molar-refractivity contribution in [3.8, 4) is 11.3 Å². The zero-order valence-electron chi connectivity index (χ0n) is 13.4. The van der Waals surface area contributed by atoms with E-state index in [1.54, 1.807) is 11.3 Å². The highest BCUT2D eigenvalue weighted by Gasteiger charge is 2.19. The lowest BCUT2D eigenvalue weighted by Crippen LogP contribution is -1.97. The summed E-state index contributed by atoms with van der Waals surface area (Å²) in [6, 6.07) is 6.59. The highest BCUT2D eigenvalue weighted by atomic mass is 32.1. The van der Waals surface area contributed by atoms with Crippen LogP contribution in [0.25, 0.3) is 16.2 Å². The summed E-state index contributed by atoms with van der Waals surface area (Å²) in [6.45, 7) is 2.15. The number of aryl methyl sites for hydroxylation is 3. The van der Waals surface area contributed by atoms with Crippen molar-refractivity contribution in [3.63, 3.8) is 0 Å². The average molecular weight is 327 g/mol. The van der Waals surface area contributed by atoms with E-state index in [2.05, 4.69) is 30.2 Å². The van der Waals surface area contributed by atoms with Crippen LogP contribution in [-0.4, -0.2) is 19.7 Å². The maximum Gasteiger partial charge on any atom is 0.213 e. The maximum atomic E-state index is 9.85. The number of hydrogen-bond acceptors (Lipinski definition) is 4. The van der Waals surface area contributed by atoms with E-state index in [-0.39, 0.29) is 6.61 Å². The monoisotopic (exact) mass is 327 g/mol. The van der Waals surface area contributed by atoms with E-state index in [9.17, 15) is 5.11 Å². The Hall–Kier alpha value is -1.72. The number of benzene rings is 1. The van der Waals surface area contributed by atoms with Gasteiger partial charge in [-0.2, -0.15) is 5.10 Å². The van der Waals surface area contributed by atoms with Gasteiger partial charge < -0.3 is 5.11 Å². The molecule has 2 aromatic heterocycles. The lowest BCUT2D eigenvalue weighted by atomic mass is 10.0. The quantitative estimate of drug-likeness (QED) is 0.776. The molecule has 1 N–H and O–H groups in total. The second-order valence-corrected chi connectivity index (χ2v) is 7.24. The third-order valence-corrected chi connectivity index (χ3v) is 5.57. The van der Waals surface area contributed by atoms with Crippen molar-refractivity contribution in [2.45, 2.75) is 52.1 Å². The molecule has 2 heterocycles. The van der Waals surface area contributed by atoms with Crippen LogP contribution in [0.3, 0.4) is 0 Å². The Kier molecular flexibility index (Phi) is 3.91. The molecule has 0 radical (unpaired) electrons. The standard InChI is InChI=1S/C18H21N3OS/c1-2-3-7-16-20-21-15(11-22)17(19-18(21)23-16)14-9-8-12-5-4-6-13(12)10-14/h8-10,22H,2-7,11H2,1H3. The maximum absolute atomic E-state index is 9.85. The van der Waals surface area contributed by atoms with Crippen molar-refractivity contribution in [1.82, 2.24) is 14.6 Å². The second-order valence-electron chi connectivity index (χ2n) is 6.20. The molecular formula is C18H21N3OS. The van der Waals surface area contributed by atoms with Gasteiger partial charge in [0.1, 0.15) is 5.01 Å². The Morgan fingerprint density at radius 2 is 2.13 bits per heavy atom. The molecule has 0 unspecified atom stereocenters. The number of aromatic nitrogens is 3. The lowest BCUT2D eigenvalue weighted by Gasteiger charge is -2.04. The molecule has 1 aliphatic carbocycles. The number of hydrogen-bond donors (Lipinski definition) is 1. The summed E-state index contributed by atoms with van der Waals surface area (Å²) in [5.74, 6) is 0. The van der Waals surface area contributed by atoms with Gasteiger partial charge in [-0.1, -0.05) is 36.8 Å². The van der Waals surface area contributed by atoms with E-state index >= 15 is 0 Å². The summed E-state index contributed by atoms with van der Waals surface area (Å²) in [5.41, 5.74) is 5.67.